The average molecular weight is 481 g/mol. The monoisotopic (exact) mass is 480 g/mol. The lowest BCUT2D eigenvalue weighted by atomic mass is 9.80. The highest BCUT2D eigenvalue weighted by Crippen LogP contribution is 2.36. The summed E-state index contributed by atoms with van der Waals surface area (Å²) in [6.07, 6.45) is 5.11. The number of carboxylic acids is 1. The van der Waals surface area contributed by atoms with E-state index in [2.05, 4.69) is 41.2 Å². The Balaban J connectivity index is 1.40. The number of carbonyl (C=O) groups is 1. The molecule has 36 heavy (non-hydrogen) atoms. The molecule has 0 saturated carbocycles. The SMILES string of the molecule is Cc1cccc2c(-c3cccc4nn(C)cc34)nn(-c3ccc(N4CCC(C)(C(=O)O)CC4)nc3)c12. The van der Waals surface area contributed by atoms with E-state index >= 15 is 0 Å². The van der Waals surface area contributed by atoms with E-state index in [4.69, 9.17) is 10.1 Å². The van der Waals surface area contributed by atoms with Crippen LogP contribution in [0.15, 0.2) is 60.9 Å². The molecule has 182 valence electrons. The molecule has 5 aromatic rings. The second kappa shape index (κ2) is 8.19. The number of aryl methyl sites for hydroxylation is 2. The molecule has 4 heterocycles. The molecule has 8 heteroatoms. The average Bonchev–Trinajstić information content (AvgIpc) is 3.45. The van der Waals surface area contributed by atoms with Gasteiger partial charge in [-0.2, -0.15) is 10.2 Å². The molecular formula is C28H28N6O2. The summed E-state index contributed by atoms with van der Waals surface area (Å²) in [5.41, 5.74) is 5.33. The van der Waals surface area contributed by atoms with Crippen molar-refractivity contribution in [1.29, 1.82) is 0 Å². The predicted octanol–water partition coefficient (Wildman–Crippen LogP) is 4.97. The molecule has 6 rings (SSSR count). The standard InChI is InChI=1S/C28H28N6O2/c1-18-6-4-8-21-25(20-7-5-9-23-22(20)17-32(3)30-23)31-34(26(18)21)19-10-11-24(29-16-19)33-14-12-28(2,13-15-33)27(35)36/h4-11,16-17H,12-15H2,1-3H3,(H,35,36). The fourth-order valence-electron chi connectivity index (χ4n) is 5.22. The Kier molecular flexibility index (Phi) is 5.07. The van der Waals surface area contributed by atoms with E-state index in [1.165, 1.54) is 0 Å². The van der Waals surface area contributed by atoms with E-state index in [0.717, 1.165) is 50.1 Å². The fraction of sp³-hybridized carbons (Fsp3) is 0.286. The highest BCUT2D eigenvalue weighted by Gasteiger charge is 2.37. The van der Waals surface area contributed by atoms with Crippen LogP contribution in [0.25, 0.3) is 38.8 Å². The van der Waals surface area contributed by atoms with Crippen molar-refractivity contribution in [3.05, 3.63) is 66.5 Å². The number of rotatable bonds is 4. The van der Waals surface area contributed by atoms with Crippen LogP contribution < -0.4 is 4.90 Å². The van der Waals surface area contributed by atoms with Crippen molar-refractivity contribution in [1.82, 2.24) is 24.5 Å². The topological polar surface area (TPSA) is 89.1 Å². The lowest BCUT2D eigenvalue weighted by Gasteiger charge is -2.37. The van der Waals surface area contributed by atoms with Gasteiger partial charge >= 0.3 is 5.97 Å². The van der Waals surface area contributed by atoms with Crippen LogP contribution in [-0.4, -0.2) is 48.7 Å². The van der Waals surface area contributed by atoms with Gasteiger partial charge in [-0.25, -0.2) is 9.67 Å². The Morgan fingerprint density at radius 1 is 1.00 bits per heavy atom. The van der Waals surface area contributed by atoms with Gasteiger partial charge in [-0.3, -0.25) is 9.48 Å². The van der Waals surface area contributed by atoms with Gasteiger partial charge in [0.2, 0.25) is 0 Å². The quantitative estimate of drug-likeness (QED) is 0.391. The molecule has 1 aliphatic rings. The van der Waals surface area contributed by atoms with Gasteiger partial charge in [0.1, 0.15) is 11.5 Å². The molecule has 0 amide bonds. The Morgan fingerprint density at radius 2 is 1.78 bits per heavy atom. The minimum absolute atomic E-state index is 0.609. The molecule has 1 aliphatic heterocycles. The second-order valence-corrected chi connectivity index (χ2v) is 10.0. The summed E-state index contributed by atoms with van der Waals surface area (Å²) in [4.78, 5) is 18.5. The van der Waals surface area contributed by atoms with Crippen molar-refractivity contribution >= 4 is 33.6 Å². The van der Waals surface area contributed by atoms with Gasteiger partial charge < -0.3 is 10.0 Å². The number of fused-ring (bicyclic) bond motifs is 2. The molecule has 0 radical (unpaired) electrons. The van der Waals surface area contributed by atoms with E-state index in [1.807, 2.05) is 60.0 Å². The molecule has 2 aromatic carbocycles. The van der Waals surface area contributed by atoms with Crippen LogP contribution in [0, 0.1) is 12.3 Å². The van der Waals surface area contributed by atoms with Crippen LogP contribution in [0.3, 0.4) is 0 Å². The molecule has 1 N–H and O–H groups in total. The molecule has 1 saturated heterocycles. The van der Waals surface area contributed by atoms with Crippen LogP contribution in [0.4, 0.5) is 5.82 Å². The first-order valence-electron chi connectivity index (χ1n) is 12.2. The summed E-state index contributed by atoms with van der Waals surface area (Å²) < 4.78 is 3.81. The maximum absolute atomic E-state index is 11.6. The maximum atomic E-state index is 11.6. The van der Waals surface area contributed by atoms with Gasteiger partial charge in [-0.15, -0.1) is 0 Å². The van der Waals surface area contributed by atoms with Gasteiger partial charge in [-0.1, -0.05) is 30.3 Å². The third-order valence-corrected chi connectivity index (χ3v) is 7.51. The van der Waals surface area contributed by atoms with Crippen LogP contribution in [0.2, 0.25) is 0 Å². The summed E-state index contributed by atoms with van der Waals surface area (Å²) in [6, 6.07) is 16.5. The largest absolute Gasteiger partial charge is 0.481 e. The van der Waals surface area contributed by atoms with Gasteiger partial charge in [0, 0.05) is 42.7 Å². The summed E-state index contributed by atoms with van der Waals surface area (Å²) >= 11 is 0. The Bertz CT molecular complexity index is 1610. The van der Waals surface area contributed by atoms with E-state index in [9.17, 15) is 9.90 Å². The van der Waals surface area contributed by atoms with Crippen molar-refractivity contribution in [3.63, 3.8) is 0 Å². The molecule has 0 atom stereocenters. The smallest absolute Gasteiger partial charge is 0.309 e. The van der Waals surface area contributed by atoms with E-state index in [0.29, 0.717) is 25.9 Å². The van der Waals surface area contributed by atoms with Crippen LogP contribution in [0.5, 0.6) is 0 Å². The Labute approximate surface area is 208 Å². The molecule has 3 aromatic heterocycles. The van der Waals surface area contributed by atoms with Crippen LogP contribution in [-0.2, 0) is 11.8 Å². The number of para-hydroxylation sites is 1. The van der Waals surface area contributed by atoms with Crippen molar-refractivity contribution in [2.24, 2.45) is 12.5 Å². The minimum atomic E-state index is -0.718. The molecule has 0 unspecified atom stereocenters. The summed E-state index contributed by atoms with van der Waals surface area (Å²) in [6.45, 7) is 5.29. The molecule has 0 aliphatic carbocycles. The normalized spacial score (nSPS) is 15.6. The van der Waals surface area contributed by atoms with Crippen LogP contribution >= 0.6 is 0 Å². The maximum Gasteiger partial charge on any atom is 0.309 e. The number of piperidine rings is 1. The molecule has 0 bridgehead atoms. The van der Waals surface area contributed by atoms with Crippen molar-refractivity contribution < 1.29 is 9.90 Å². The predicted molar refractivity (Wildman–Crippen MR) is 140 cm³/mol. The number of benzene rings is 2. The van der Waals surface area contributed by atoms with Gasteiger partial charge in [0.25, 0.3) is 0 Å². The number of hydrogen-bond donors (Lipinski definition) is 1. The van der Waals surface area contributed by atoms with Crippen molar-refractivity contribution in [2.75, 3.05) is 18.0 Å². The highest BCUT2D eigenvalue weighted by atomic mass is 16.4. The van der Waals surface area contributed by atoms with Gasteiger partial charge in [0.05, 0.1) is 28.3 Å². The zero-order chi connectivity index (χ0) is 25.0. The summed E-state index contributed by atoms with van der Waals surface area (Å²) in [5.74, 6) is 0.142. The molecule has 1 fully saturated rings. The zero-order valence-corrected chi connectivity index (χ0v) is 20.6. The highest BCUT2D eigenvalue weighted by molar-refractivity contribution is 6.03. The second-order valence-electron chi connectivity index (χ2n) is 10.0. The molecule has 0 spiro atoms. The number of carboxylic acid groups (broad SMARTS) is 1. The molecule has 8 nitrogen and oxygen atoms in total. The number of hydrogen-bond acceptors (Lipinski definition) is 5. The fourth-order valence-corrected chi connectivity index (χ4v) is 5.22. The lowest BCUT2D eigenvalue weighted by molar-refractivity contribution is -0.149. The first kappa shape index (κ1) is 22.3. The van der Waals surface area contributed by atoms with Crippen LogP contribution in [0.1, 0.15) is 25.3 Å². The number of pyridine rings is 1. The molecular weight excluding hydrogens is 452 g/mol. The minimum Gasteiger partial charge on any atom is -0.481 e. The number of anilines is 1. The first-order chi connectivity index (χ1) is 17.3. The summed E-state index contributed by atoms with van der Waals surface area (Å²) in [5, 5.41) is 21.3. The van der Waals surface area contributed by atoms with Gasteiger partial charge in [0.15, 0.2) is 0 Å². The van der Waals surface area contributed by atoms with E-state index in [-0.39, 0.29) is 0 Å². The summed E-state index contributed by atoms with van der Waals surface area (Å²) in [7, 11) is 1.93. The number of aromatic nitrogens is 5. The Morgan fingerprint density at radius 3 is 2.50 bits per heavy atom. The van der Waals surface area contributed by atoms with Crippen molar-refractivity contribution in [2.45, 2.75) is 26.7 Å². The first-order valence-corrected chi connectivity index (χ1v) is 12.2. The van der Waals surface area contributed by atoms with E-state index in [1.54, 1.807) is 0 Å². The van der Waals surface area contributed by atoms with Gasteiger partial charge in [-0.05, 0) is 50.5 Å². The zero-order valence-electron chi connectivity index (χ0n) is 20.6. The Hall–Kier alpha value is -4.20. The van der Waals surface area contributed by atoms with E-state index < -0.39 is 11.4 Å². The number of aliphatic carboxylic acids is 1. The lowest BCUT2D eigenvalue weighted by Crippen LogP contribution is -2.43. The number of nitrogens with zero attached hydrogens (tertiary/aromatic N) is 6. The van der Waals surface area contributed by atoms with Crippen molar-refractivity contribution in [3.8, 4) is 16.9 Å². The third kappa shape index (κ3) is 3.52. The third-order valence-electron chi connectivity index (χ3n) is 7.51.